The average Bonchev–Trinajstić information content (AvgIpc) is 2.26. The van der Waals surface area contributed by atoms with Crippen molar-refractivity contribution in [1.29, 1.82) is 0 Å². The van der Waals surface area contributed by atoms with Gasteiger partial charge < -0.3 is 10.2 Å². The first-order valence-corrected chi connectivity index (χ1v) is 6.95. The summed E-state index contributed by atoms with van der Waals surface area (Å²) in [4.78, 5) is 12.2. The fourth-order valence-electron chi connectivity index (χ4n) is 2.16. The zero-order chi connectivity index (χ0) is 15.4. The van der Waals surface area contributed by atoms with Gasteiger partial charge in [-0.25, -0.2) is 0 Å². The molecule has 1 rings (SSSR count). The van der Waals surface area contributed by atoms with E-state index in [-0.39, 0.29) is 23.2 Å². The van der Waals surface area contributed by atoms with Crippen LogP contribution in [0, 0.1) is 12.8 Å². The van der Waals surface area contributed by atoms with Gasteiger partial charge in [-0.15, -0.1) is 0 Å². The van der Waals surface area contributed by atoms with Crippen molar-refractivity contribution in [1.82, 2.24) is 0 Å². The van der Waals surface area contributed by atoms with Gasteiger partial charge >= 0.3 is 0 Å². The number of hydrogen-bond donors (Lipinski definition) is 2. The largest absolute Gasteiger partial charge is 0.508 e. The first-order valence-electron chi connectivity index (χ1n) is 6.95. The van der Waals surface area contributed by atoms with Gasteiger partial charge in [-0.05, 0) is 44.7 Å². The fourth-order valence-corrected chi connectivity index (χ4v) is 2.16. The van der Waals surface area contributed by atoms with Crippen LogP contribution in [-0.4, -0.2) is 16.0 Å². The number of aryl methyl sites for hydroxylation is 1. The van der Waals surface area contributed by atoms with Crippen LogP contribution in [0.5, 0.6) is 11.5 Å². The topological polar surface area (TPSA) is 57.5 Å². The molecule has 110 valence electrons. The number of phenolic OH excluding ortho intramolecular Hbond substituents is 2. The minimum atomic E-state index is -0.0781. The van der Waals surface area contributed by atoms with Crippen LogP contribution in [0.15, 0.2) is 17.7 Å². The molecule has 0 unspecified atom stereocenters. The molecule has 0 aromatic heterocycles. The van der Waals surface area contributed by atoms with Gasteiger partial charge in [0.15, 0.2) is 5.78 Å². The summed E-state index contributed by atoms with van der Waals surface area (Å²) < 4.78 is 0. The van der Waals surface area contributed by atoms with Crippen molar-refractivity contribution in [2.24, 2.45) is 5.92 Å². The summed E-state index contributed by atoms with van der Waals surface area (Å²) in [5.41, 5.74) is 2.48. The third-order valence-electron chi connectivity index (χ3n) is 3.17. The predicted octanol–water partition coefficient (Wildman–Crippen LogP) is 4.14. The molecular weight excluding hydrogens is 252 g/mol. The molecule has 0 aliphatic carbocycles. The van der Waals surface area contributed by atoms with Crippen LogP contribution in [0.3, 0.4) is 0 Å². The van der Waals surface area contributed by atoms with E-state index in [2.05, 4.69) is 0 Å². The lowest BCUT2D eigenvalue weighted by Crippen LogP contribution is -2.07. The lowest BCUT2D eigenvalue weighted by Gasteiger charge is -2.14. The highest BCUT2D eigenvalue weighted by Crippen LogP contribution is 2.35. The second kappa shape index (κ2) is 6.60. The number of carbonyl (C=O) groups excluding carboxylic acids is 1. The van der Waals surface area contributed by atoms with Crippen LogP contribution in [0.25, 0.3) is 0 Å². The lowest BCUT2D eigenvalue weighted by molar-refractivity contribution is 0.0964. The summed E-state index contributed by atoms with van der Waals surface area (Å²) in [7, 11) is 0. The number of hydrogen-bond acceptors (Lipinski definition) is 3. The highest BCUT2D eigenvalue weighted by atomic mass is 16.3. The number of phenols is 2. The Morgan fingerprint density at radius 1 is 1.30 bits per heavy atom. The van der Waals surface area contributed by atoms with Crippen molar-refractivity contribution < 1.29 is 15.0 Å². The van der Waals surface area contributed by atoms with E-state index < -0.39 is 0 Å². The molecule has 1 aromatic rings. The Morgan fingerprint density at radius 3 is 2.40 bits per heavy atom. The van der Waals surface area contributed by atoms with Crippen molar-refractivity contribution >= 4 is 5.78 Å². The van der Waals surface area contributed by atoms with Gasteiger partial charge in [0.05, 0.1) is 5.56 Å². The molecule has 1 aromatic carbocycles. The molecule has 0 saturated heterocycles. The summed E-state index contributed by atoms with van der Waals surface area (Å²) >= 11 is 0. The summed E-state index contributed by atoms with van der Waals surface area (Å²) in [6.07, 6.45) is 2.73. The van der Waals surface area contributed by atoms with E-state index in [0.717, 1.165) is 5.57 Å². The first kappa shape index (κ1) is 16.3. The maximum absolute atomic E-state index is 12.2. The van der Waals surface area contributed by atoms with E-state index >= 15 is 0 Å². The maximum atomic E-state index is 12.2. The van der Waals surface area contributed by atoms with Crippen molar-refractivity contribution in [2.75, 3.05) is 0 Å². The number of rotatable bonds is 5. The van der Waals surface area contributed by atoms with Gasteiger partial charge in [-0.3, -0.25) is 4.79 Å². The van der Waals surface area contributed by atoms with Crippen molar-refractivity contribution in [3.05, 3.63) is 34.4 Å². The molecule has 0 atom stereocenters. The molecule has 20 heavy (non-hydrogen) atoms. The normalized spacial score (nSPS) is 10.7. The molecule has 0 bridgehead atoms. The van der Waals surface area contributed by atoms with Gasteiger partial charge in [0.1, 0.15) is 11.5 Å². The minimum absolute atomic E-state index is 0.0404. The van der Waals surface area contributed by atoms with Gasteiger partial charge in [-0.1, -0.05) is 25.5 Å². The Labute approximate surface area is 121 Å². The van der Waals surface area contributed by atoms with E-state index in [1.54, 1.807) is 13.0 Å². The molecule has 0 amide bonds. The van der Waals surface area contributed by atoms with Gasteiger partial charge in [-0.2, -0.15) is 0 Å². The predicted molar refractivity (Wildman–Crippen MR) is 81.4 cm³/mol. The van der Waals surface area contributed by atoms with Crippen molar-refractivity contribution in [3.63, 3.8) is 0 Å². The Kier molecular flexibility index (Phi) is 5.37. The lowest BCUT2D eigenvalue weighted by atomic mass is 9.93. The third-order valence-corrected chi connectivity index (χ3v) is 3.17. The molecule has 3 heteroatoms. The molecule has 0 heterocycles. The summed E-state index contributed by atoms with van der Waals surface area (Å²) in [5.74, 6) is 0.119. The Bertz CT molecular complexity index is 536. The quantitative estimate of drug-likeness (QED) is 0.627. The van der Waals surface area contributed by atoms with Gasteiger partial charge in [0.2, 0.25) is 0 Å². The zero-order valence-corrected chi connectivity index (χ0v) is 12.9. The number of carbonyl (C=O) groups is 1. The summed E-state index contributed by atoms with van der Waals surface area (Å²) in [6.45, 7) is 9.57. The third kappa shape index (κ3) is 3.86. The average molecular weight is 276 g/mol. The Morgan fingerprint density at radius 2 is 1.90 bits per heavy atom. The Balaban J connectivity index is 3.28. The number of aromatic hydroxyl groups is 2. The first-order chi connectivity index (χ1) is 9.23. The minimum Gasteiger partial charge on any atom is -0.508 e. The molecule has 3 nitrogen and oxygen atoms in total. The SMILES string of the molecule is CC(C)=CCc1c(O)cc(C)c(C(=O)CC(C)C)c1O. The van der Waals surface area contributed by atoms with E-state index in [1.807, 2.05) is 33.8 Å². The number of ketones is 1. The molecule has 0 radical (unpaired) electrons. The van der Waals surface area contributed by atoms with Crippen LogP contribution in [-0.2, 0) is 6.42 Å². The van der Waals surface area contributed by atoms with E-state index in [9.17, 15) is 15.0 Å². The molecule has 0 spiro atoms. The highest BCUT2D eigenvalue weighted by Gasteiger charge is 2.20. The second-order valence-electron chi connectivity index (χ2n) is 5.92. The van der Waals surface area contributed by atoms with Crippen LogP contribution < -0.4 is 0 Å². The molecule has 2 N–H and O–H groups in total. The van der Waals surface area contributed by atoms with Crippen LogP contribution in [0.2, 0.25) is 0 Å². The van der Waals surface area contributed by atoms with Gasteiger partial charge in [0, 0.05) is 12.0 Å². The van der Waals surface area contributed by atoms with Crippen LogP contribution >= 0.6 is 0 Å². The van der Waals surface area contributed by atoms with Crippen molar-refractivity contribution in [3.8, 4) is 11.5 Å². The standard InChI is InChI=1S/C17H24O3/c1-10(2)6-7-13-14(18)9-12(5)16(17(13)20)15(19)8-11(3)4/h6,9,11,18,20H,7-8H2,1-5H3. The van der Waals surface area contributed by atoms with E-state index in [0.29, 0.717) is 29.5 Å². The highest BCUT2D eigenvalue weighted by molar-refractivity contribution is 6.00. The molecule has 0 fully saturated rings. The summed E-state index contributed by atoms with van der Waals surface area (Å²) in [6, 6.07) is 1.56. The Hall–Kier alpha value is -1.77. The molecular formula is C17H24O3. The molecule has 0 saturated carbocycles. The van der Waals surface area contributed by atoms with E-state index in [4.69, 9.17) is 0 Å². The molecule has 0 aliphatic rings. The fraction of sp³-hybridized carbons (Fsp3) is 0.471. The number of benzene rings is 1. The second-order valence-corrected chi connectivity index (χ2v) is 5.92. The van der Waals surface area contributed by atoms with Crippen LogP contribution in [0.1, 0.15) is 55.6 Å². The number of Topliss-reactive ketones (excluding diaryl/α,β-unsaturated/α-hetero) is 1. The molecule has 0 aliphatic heterocycles. The van der Waals surface area contributed by atoms with Crippen LogP contribution in [0.4, 0.5) is 0 Å². The smallest absolute Gasteiger partial charge is 0.167 e. The maximum Gasteiger partial charge on any atom is 0.167 e. The van der Waals surface area contributed by atoms with Gasteiger partial charge in [0.25, 0.3) is 0 Å². The monoisotopic (exact) mass is 276 g/mol. The van der Waals surface area contributed by atoms with E-state index in [1.165, 1.54) is 0 Å². The van der Waals surface area contributed by atoms with Crippen molar-refractivity contribution in [2.45, 2.75) is 47.5 Å². The zero-order valence-electron chi connectivity index (χ0n) is 12.9. The number of allylic oxidation sites excluding steroid dienone is 2. The summed E-state index contributed by atoms with van der Waals surface area (Å²) in [5, 5.41) is 20.3.